The second-order valence-corrected chi connectivity index (χ2v) is 5.92. The fourth-order valence-corrected chi connectivity index (χ4v) is 3.23. The van der Waals surface area contributed by atoms with Gasteiger partial charge in [0.1, 0.15) is 5.41 Å². The van der Waals surface area contributed by atoms with E-state index in [1.165, 1.54) is 0 Å². The van der Waals surface area contributed by atoms with Crippen LogP contribution in [-0.2, 0) is 9.53 Å². The minimum atomic E-state index is -0.817. The van der Waals surface area contributed by atoms with Gasteiger partial charge < -0.3 is 21.0 Å². The third-order valence-corrected chi connectivity index (χ3v) is 4.55. The highest BCUT2D eigenvalue weighted by Gasteiger charge is 2.43. The zero-order chi connectivity index (χ0) is 14.4. The number of carbonyl (C=O) groups excluding carboxylic acids is 1. The van der Waals surface area contributed by atoms with Crippen LogP contribution in [0.15, 0.2) is 5.16 Å². The van der Waals surface area contributed by atoms with E-state index in [1.807, 2.05) is 0 Å². The predicted octanol–water partition coefficient (Wildman–Crippen LogP) is 1.23. The maximum atomic E-state index is 12.5. The lowest BCUT2D eigenvalue weighted by molar-refractivity contribution is -0.129. The van der Waals surface area contributed by atoms with Crippen LogP contribution >= 0.6 is 0 Å². The summed E-state index contributed by atoms with van der Waals surface area (Å²) in [5.41, 5.74) is 4.99. The SMILES string of the molecule is NC(=NO)C1(C(=O)NCC2CCCOC2)CCCCC1. The fourth-order valence-electron chi connectivity index (χ4n) is 3.23. The summed E-state index contributed by atoms with van der Waals surface area (Å²) >= 11 is 0. The van der Waals surface area contributed by atoms with Crippen molar-refractivity contribution in [3.63, 3.8) is 0 Å². The molecule has 1 atom stereocenters. The molecule has 0 aromatic rings. The molecule has 1 saturated carbocycles. The molecule has 6 heteroatoms. The van der Waals surface area contributed by atoms with Crippen LogP contribution in [0.2, 0.25) is 0 Å². The Kier molecular flexibility index (Phi) is 5.23. The first-order valence-corrected chi connectivity index (χ1v) is 7.53. The Morgan fingerprint density at radius 3 is 2.70 bits per heavy atom. The van der Waals surface area contributed by atoms with E-state index in [0.29, 0.717) is 31.9 Å². The number of amides is 1. The molecule has 1 aliphatic heterocycles. The highest BCUT2D eigenvalue weighted by atomic mass is 16.5. The van der Waals surface area contributed by atoms with E-state index in [9.17, 15) is 4.79 Å². The molecule has 1 aliphatic carbocycles. The van der Waals surface area contributed by atoms with E-state index in [0.717, 1.165) is 38.7 Å². The topological polar surface area (TPSA) is 96.9 Å². The van der Waals surface area contributed by atoms with E-state index >= 15 is 0 Å². The van der Waals surface area contributed by atoms with Gasteiger partial charge in [-0.25, -0.2) is 0 Å². The van der Waals surface area contributed by atoms with Gasteiger partial charge in [-0.1, -0.05) is 24.4 Å². The lowest BCUT2D eigenvalue weighted by Crippen LogP contribution is -2.52. The molecule has 1 unspecified atom stereocenters. The van der Waals surface area contributed by atoms with Gasteiger partial charge in [0.25, 0.3) is 0 Å². The Hall–Kier alpha value is -1.30. The van der Waals surface area contributed by atoms with Gasteiger partial charge in [0.05, 0.1) is 6.61 Å². The molecule has 0 radical (unpaired) electrons. The van der Waals surface area contributed by atoms with E-state index in [-0.39, 0.29) is 11.7 Å². The number of hydrogen-bond donors (Lipinski definition) is 3. The molecule has 2 aliphatic rings. The molecular weight excluding hydrogens is 258 g/mol. The van der Waals surface area contributed by atoms with Crippen molar-refractivity contribution < 1.29 is 14.7 Å². The Balaban J connectivity index is 1.96. The number of rotatable bonds is 4. The number of oxime groups is 1. The van der Waals surface area contributed by atoms with Gasteiger partial charge in [0.15, 0.2) is 5.84 Å². The Morgan fingerprint density at radius 2 is 2.10 bits per heavy atom. The molecule has 0 aromatic carbocycles. The van der Waals surface area contributed by atoms with Crippen molar-refractivity contribution in [1.82, 2.24) is 5.32 Å². The highest BCUT2D eigenvalue weighted by Crippen LogP contribution is 2.36. The number of nitrogens with zero attached hydrogens (tertiary/aromatic N) is 1. The largest absolute Gasteiger partial charge is 0.409 e. The van der Waals surface area contributed by atoms with Crippen LogP contribution in [0.1, 0.15) is 44.9 Å². The molecule has 2 fully saturated rings. The minimum Gasteiger partial charge on any atom is -0.409 e. The Morgan fingerprint density at radius 1 is 1.35 bits per heavy atom. The molecular formula is C14H25N3O3. The lowest BCUT2D eigenvalue weighted by atomic mass is 9.72. The van der Waals surface area contributed by atoms with E-state index in [4.69, 9.17) is 15.7 Å². The van der Waals surface area contributed by atoms with Crippen molar-refractivity contribution in [1.29, 1.82) is 0 Å². The average molecular weight is 283 g/mol. The molecule has 1 saturated heterocycles. The second-order valence-electron chi connectivity index (χ2n) is 5.92. The summed E-state index contributed by atoms with van der Waals surface area (Å²) in [4.78, 5) is 12.5. The van der Waals surface area contributed by atoms with E-state index < -0.39 is 5.41 Å². The lowest BCUT2D eigenvalue weighted by Gasteiger charge is -2.35. The quantitative estimate of drug-likeness (QED) is 0.313. The maximum absolute atomic E-state index is 12.5. The molecule has 0 spiro atoms. The van der Waals surface area contributed by atoms with Crippen LogP contribution in [0.25, 0.3) is 0 Å². The van der Waals surface area contributed by atoms with Crippen molar-refractivity contribution in [3.8, 4) is 0 Å². The highest BCUT2D eigenvalue weighted by molar-refractivity contribution is 6.06. The first-order valence-electron chi connectivity index (χ1n) is 7.53. The zero-order valence-electron chi connectivity index (χ0n) is 11.9. The van der Waals surface area contributed by atoms with Gasteiger partial charge in [-0.15, -0.1) is 0 Å². The first-order chi connectivity index (χ1) is 9.69. The summed E-state index contributed by atoms with van der Waals surface area (Å²) in [6.45, 7) is 2.13. The number of ether oxygens (including phenoxy) is 1. The molecule has 20 heavy (non-hydrogen) atoms. The average Bonchev–Trinajstić information content (AvgIpc) is 2.53. The molecule has 2 rings (SSSR count). The van der Waals surface area contributed by atoms with E-state index in [1.54, 1.807) is 0 Å². The van der Waals surface area contributed by atoms with Crippen LogP contribution in [0.5, 0.6) is 0 Å². The molecule has 0 bridgehead atoms. The number of nitrogens with two attached hydrogens (primary N) is 1. The normalized spacial score (nSPS) is 27.0. The van der Waals surface area contributed by atoms with E-state index in [2.05, 4.69) is 10.5 Å². The zero-order valence-corrected chi connectivity index (χ0v) is 11.9. The number of carbonyl (C=O) groups is 1. The van der Waals surface area contributed by atoms with Gasteiger partial charge >= 0.3 is 0 Å². The summed E-state index contributed by atoms with van der Waals surface area (Å²) in [5.74, 6) is 0.327. The van der Waals surface area contributed by atoms with Crippen LogP contribution in [0.3, 0.4) is 0 Å². The molecule has 1 heterocycles. The van der Waals surface area contributed by atoms with Gasteiger partial charge in [0.2, 0.25) is 5.91 Å². The van der Waals surface area contributed by atoms with Gasteiger partial charge in [0, 0.05) is 13.2 Å². The third kappa shape index (κ3) is 3.23. The molecule has 0 aromatic heterocycles. The van der Waals surface area contributed by atoms with Gasteiger partial charge in [-0.05, 0) is 31.6 Å². The number of nitrogens with one attached hydrogen (secondary N) is 1. The van der Waals surface area contributed by atoms with Crippen molar-refractivity contribution in [2.75, 3.05) is 19.8 Å². The summed E-state index contributed by atoms with van der Waals surface area (Å²) < 4.78 is 5.41. The monoisotopic (exact) mass is 283 g/mol. The predicted molar refractivity (Wildman–Crippen MR) is 75.5 cm³/mol. The summed E-state index contributed by atoms with van der Waals surface area (Å²) in [6.07, 6.45) is 6.44. The van der Waals surface area contributed by atoms with Gasteiger partial charge in [-0.2, -0.15) is 0 Å². The second kappa shape index (κ2) is 6.92. The van der Waals surface area contributed by atoms with Crippen molar-refractivity contribution in [2.45, 2.75) is 44.9 Å². The van der Waals surface area contributed by atoms with Crippen molar-refractivity contribution in [3.05, 3.63) is 0 Å². The molecule has 114 valence electrons. The summed E-state index contributed by atoms with van der Waals surface area (Å²) in [6, 6.07) is 0. The van der Waals surface area contributed by atoms with Crippen LogP contribution < -0.4 is 11.1 Å². The van der Waals surface area contributed by atoms with Crippen LogP contribution in [0.4, 0.5) is 0 Å². The number of amidine groups is 1. The van der Waals surface area contributed by atoms with Gasteiger partial charge in [-0.3, -0.25) is 4.79 Å². The Bertz CT molecular complexity index is 359. The summed E-state index contributed by atoms with van der Waals surface area (Å²) in [5, 5.41) is 15.1. The van der Waals surface area contributed by atoms with Crippen LogP contribution in [0, 0.1) is 11.3 Å². The van der Waals surface area contributed by atoms with Crippen LogP contribution in [-0.4, -0.2) is 36.7 Å². The first kappa shape index (κ1) is 15.1. The summed E-state index contributed by atoms with van der Waals surface area (Å²) in [7, 11) is 0. The smallest absolute Gasteiger partial charge is 0.233 e. The Labute approximate surface area is 119 Å². The number of hydrogen-bond acceptors (Lipinski definition) is 4. The molecule has 4 N–H and O–H groups in total. The third-order valence-electron chi connectivity index (χ3n) is 4.55. The maximum Gasteiger partial charge on any atom is 0.233 e. The molecule has 1 amide bonds. The standard InChI is InChI=1S/C14H25N3O3/c15-12(17-19)14(6-2-1-3-7-14)13(18)16-9-11-5-4-8-20-10-11/h11,19H,1-10H2,(H2,15,17)(H,16,18). The fraction of sp³-hybridized carbons (Fsp3) is 0.857. The van der Waals surface area contributed by atoms with Crippen molar-refractivity contribution >= 4 is 11.7 Å². The van der Waals surface area contributed by atoms with Crippen molar-refractivity contribution in [2.24, 2.45) is 22.2 Å². The minimum absolute atomic E-state index is 0.0506. The molecule has 6 nitrogen and oxygen atoms in total.